The highest BCUT2D eigenvalue weighted by Crippen LogP contribution is 2.37. The van der Waals surface area contributed by atoms with Crippen molar-refractivity contribution in [1.82, 2.24) is 5.06 Å². The normalized spacial score (nSPS) is 14.0. The summed E-state index contributed by atoms with van der Waals surface area (Å²) in [5.74, 6) is 0. The number of nitrogens with zero attached hydrogens (tertiary/aromatic N) is 1. The minimum atomic E-state index is -3.90. The molecule has 0 aliphatic carbocycles. The van der Waals surface area contributed by atoms with Crippen LogP contribution in [-0.2, 0) is 20.8 Å². The zero-order valence-electron chi connectivity index (χ0n) is 23.9. The third kappa shape index (κ3) is 6.61. The quantitative estimate of drug-likeness (QED) is 0.128. The summed E-state index contributed by atoms with van der Waals surface area (Å²) >= 11 is 0. The van der Waals surface area contributed by atoms with Gasteiger partial charge >= 0.3 is 0 Å². The predicted molar refractivity (Wildman–Crippen MR) is 169 cm³/mol. The molecule has 0 saturated carbocycles. The maximum Gasteiger partial charge on any atom is 0.261 e. The summed E-state index contributed by atoms with van der Waals surface area (Å²) in [5.41, 5.74) is 0.852. The lowest BCUT2D eigenvalue weighted by Gasteiger charge is -2.44. The Morgan fingerprint density at radius 3 is 1.68 bits per heavy atom. The highest BCUT2D eigenvalue weighted by atomic mass is 32.2. The molecule has 0 fully saturated rings. The van der Waals surface area contributed by atoms with Gasteiger partial charge in [0.15, 0.2) is 9.84 Å². The van der Waals surface area contributed by atoms with E-state index in [2.05, 4.69) is 51.6 Å². The van der Waals surface area contributed by atoms with Crippen LogP contribution in [0.3, 0.4) is 0 Å². The zero-order chi connectivity index (χ0) is 29.5. The molecule has 0 aliphatic heterocycles. The number of hydroxylamine groups is 2. The Morgan fingerprint density at radius 1 is 0.805 bits per heavy atom. The summed E-state index contributed by atoms with van der Waals surface area (Å²) in [6, 6.07) is 37.2. The summed E-state index contributed by atoms with van der Waals surface area (Å²) in [5, 5.41) is 13.4. The number of rotatable bonds is 12. The van der Waals surface area contributed by atoms with Crippen LogP contribution in [0.5, 0.6) is 0 Å². The summed E-state index contributed by atoms with van der Waals surface area (Å²) in [6.07, 6.45) is 1.41. The van der Waals surface area contributed by atoms with E-state index in [9.17, 15) is 13.6 Å². The first-order chi connectivity index (χ1) is 19.6. The van der Waals surface area contributed by atoms with Gasteiger partial charge in [0.05, 0.1) is 17.5 Å². The fraction of sp³-hybridized carbons (Fsp3) is 0.235. The lowest BCUT2D eigenvalue weighted by atomic mass is 10.1. The number of hydrogen-bond acceptors (Lipinski definition) is 5. The fourth-order valence-electron chi connectivity index (χ4n) is 5.47. The standard InChI is InChI=1S/C34H39NO4SSi/c1-5-33(40(37,38)29-20-12-7-13-21-29)32(35(36)26-28-18-10-6-11-19-28)27-39-41(34(2,3)4,30-22-14-8-15-23-30)31-24-16-9-17-25-31/h5-25,32-33,36H,1,26-27H2,2-4H3/t32-,33+/m0/s1. The molecule has 0 unspecified atom stereocenters. The topological polar surface area (TPSA) is 66.8 Å². The van der Waals surface area contributed by atoms with Gasteiger partial charge in [0, 0.05) is 6.54 Å². The van der Waals surface area contributed by atoms with Gasteiger partial charge in [-0.05, 0) is 33.1 Å². The Labute approximate surface area is 245 Å². The van der Waals surface area contributed by atoms with E-state index in [4.69, 9.17) is 4.43 Å². The van der Waals surface area contributed by atoms with E-state index in [0.717, 1.165) is 21.0 Å². The van der Waals surface area contributed by atoms with Crippen molar-refractivity contribution in [3.8, 4) is 0 Å². The molecule has 0 spiro atoms. The summed E-state index contributed by atoms with van der Waals surface area (Å²) < 4.78 is 35.1. The van der Waals surface area contributed by atoms with Crippen molar-refractivity contribution >= 4 is 28.5 Å². The van der Waals surface area contributed by atoms with Crippen LogP contribution < -0.4 is 10.4 Å². The van der Waals surface area contributed by atoms with Crippen LogP contribution in [-0.4, -0.2) is 44.9 Å². The molecule has 0 radical (unpaired) electrons. The molecule has 1 N–H and O–H groups in total. The van der Waals surface area contributed by atoms with Gasteiger partial charge in [-0.3, -0.25) is 0 Å². The van der Waals surface area contributed by atoms with Gasteiger partial charge in [-0.1, -0.05) is 136 Å². The molecule has 4 rings (SSSR count). The van der Waals surface area contributed by atoms with Crippen LogP contribution in [0.2, 0.25) is 5.04 Å². The third-order valence-electron chi connectivity index (χ3n) is 7.50. The zero-order valence-corrected chi connectivity index (χ0v) is 25.7. The first kappa shape index (κ1) is 30.6. The monoisotopic (exact) mass is 585 g/mol. The van der Waals surface area contributed by atoms with Crippen molar-refractivity contribution in [1.29, 1.82) is 0 Å². The second-order valence-electron chi connectivity index (χ2n) is 11.2. The molecule has 4 aromatic carbocycles. The van der Waals surface area contributed by atoms with E-state index in [1.54, 1.807) is 30.3 Å². The van der Waals surface area contributed by atoms with Gasteiger partial charge in [-0.2, -0.15) is 5.06 Å². The first-order valence-corrected chi connectivity index (χ1v) is 17.2. The third-order valence-corrected chi connectivity index (χ3v) is 14.7. The van der Waals surface area contributed by atoms with E-state index < -0.39 is 29.4 Å². The van der Waals surface area contributed by atoms with E-state index in [1.165, 1.54) is 6.08 Å². The lowest BCUT2D eigenvalue weighted by Crippen LogP contribution is -2.67. The largest absolute Gasteiger partial charge is 0.406 e. The molecule has 41 heavy (non-hydrogen) atoms. The van der Waals surface area contributed by atoms with Crippen molar-refractivity contribution < 1.29 is 18.1 Å². The summed E-state index contributed by atoms with van der Waals surface area (Å²) in [4.78, 5) is 0.174. The molecule has 2 atom stereocenters. The Balaban J connectivity index is 1.82. The van der Waals surface area contributed by atoms with Gasteiger partial charge < -0.3 is 9.63 Å². The lowest BCUT2D eigenvalue weighted by molar-refractivity contribution is -0.142. The van der Waals surface area contributed by atoms with Crippen LogP contribution in [0, 0.1) is 0 Å². The van der Waals surface area contributed by atoms with Gasteiger partial charge in [0.2, 0.25) is 0 Å². The van der Waals surface area contributed by atoms with E-state index in [0.29, 0.717) is 0 Å². The molecule has 7 heteroatoms. The Bertz CT molecular complexity index is 1450. The highest BCUT2D eigenvalue weighted by Gasteiger charge is 2.51. The molecular formula is C34H39NO4SSi. The molecule has 0 saturated heterocycles. The van der Waals surface area contributed by atoms with E-state index in [-0.39, 0.29) is 23.1 Å². The summed E-state index contributed by atoms with van der Waals surface area (Å²) in [7, 11) is -6.92. The maximum atomic E-state index is 14.0. The highest BCUT2D eigenvalue weighted by molar-refractivity contribution is 7.92. The van der Waals surface area contributed by atoms with Gasteiger partial charge in [0.25, 0.3) is 8.32 Å². The molecule has 5 nitrogen and oxygen atoms in total. The first-order valence-electron chi connectivity index (χ1n) is 13.8. The number of sulfone groups is 1. The van der Waals surface area contributed by atoms with Crippen molar-refractivity contribution in [2.24, 2.45) is 0 Å². The average Bonchev–Trinajstić information content (AvgIpc) is 2.98. The Hall–Kier alpha value is -3.33. The second kappa shape index (κ2) is 13.1. The smallest absolute Gasteiger partial charge is 0.261 e. The molecule has 0 heterocycles. The SMILES string of the molecule is C=C[C@H]([C@H](CO[Si](c1ccccc1)(c1ccccc1)C(C)(C)C)N(O)Cc1ccccc1)S(=O)(=O)c1ccccc1. The van der Waals surface area contributed by atoms with Crippen LogP contribution in [0.15, 0.2) is 139 Å². The Kier molecular flexibility index (Phi) is 9.79. The number of benzene rings is 4. The van der Waals surface area contributed by atoms with E-state index in [1.807, 2.05) is 66.7 Å². The van der Waals surface area contributed by atoms with Gasteiger partial charge in [-0.15, -0.1) is 6.58 Å². The van der Waals surface area contributed by atoms with Crippen molar-refractivity contribution in [3.05, 3.63) is 140 Å². The Morgan fingerprint density at radius 2 is 1.24 bits per heavy atom. The average molecular weight is 586 g/mol. The van der Waals surface area contributed by atoms with Crippen LogP contribution in [0.4, 0.5) is 0 Å². The fourth-order valence-corrected chi connectivity index (χ4v) is 11.8. The molecule has 0 aromatic heterocycles. The van der Waals surface area contributed by atoms with Crippen molar-refractivity contribution in [3.63, 3.8) is 0 Å². The summed E-state index contributed by atoms with van der Waals surface area (Å²) in [6.45, 7) is 10.5. The predicted octanol–water partition coefficient (Wildman–Crippen LogP) is 5.85. The van der Waals surface area contributed by atoms with Crippen LogP contribution in [0.25, 0.3) is 0 Å². The van der Waals surface area contributed by atoms with E-state index >= 15 is 0 Å². The van der Waals surface area contributed by atoms with Gasteiger partial charge in [0.1, 0.15) is 5.25 Å². The second-order valence-corrected chi connectivity index (χ2v) is 17.6. The molecule has 0 amide bonds. The number of hydrogen-bond donors (Lipinski definition) is 1. The van der Waals surface area contributed by atoms with Crippen molar-refractivity contribution in [2.75, 3.05) is 6.61 Å². The minimum absolute atomic E-state index is 0.0284. The van der Waals surface area contributed by atoms with Crippen LogP contribution in [0.1, 0.15) is 26.3 Å². The molecule has 4 aromatic rings. The maximum absolute atomic E-state index is 14.0. The van der Waals surface area contributed by atoms with Gasteiger partial charge in [-0.25, -0.2) is 8.42 Å². The van der Waals surface area contributed by atoms with Crippen LogP contribution >= 0.6 is 0 Å². The minimum Gasteiger partial charge on any atom is -0.406 e. The molecule has 0 aliphatic rings. The molecule has 214 valence electrons. The molecule has 0 bridgehead atoms. The molecular weight excluding hydrogens is 547 g/mol. The van der Waals surface area contributed by atoms with Crippen molar-refractivity contribution in [2.45, 2.75) is 48.5 Å².